The minimum atomic E-state index is -3.97. The highest BCUT2D eigenvalue weighted by molar-refractivity contribution is 7.89. The first-order valence-electron chi connectivity index (χ1n) is 10.4. The predicted molar refractivity (Wildman–Crippen MR) is 120 cm³/mol. The van der Waals surface area contributed by atoms with E-state index in [1.807, 2.05) is 13.8 Å². The number of hydrogen-bond acceptors (Lipinski definition) is 7. The van der Waals surface area contributed by atoms with Crippen molar-refractivity contribution in [1.82, 2.24) is 15.2 Å². The van der Waals surface area contributed by atoms with Crippen LogP contribution in [0.25, 0.3) is 0 Å². The first kappa shape index (κ1) is 24.3. The van der Waals surface area contributed by atoms with E-state index < -0.39 is 28.4 Å². The number of hydrogen-bond donors (Lipinski definition) is 2. The van der Waals surface area contributed by atoms with E-state index >= 15 is 0 Å². The zero-order chi connectivity index (χ0) is 24.0. The number of ether oxygens (including phenoxy) is 3. The van der Waals surface area contributed by atoms with Crippen LogP contribution in [0.4, 0.5) is 0 Å². The van der Waals surface area contributed by atoms with E-state index in [1.165, 1.54) is 25.2 Å². The second-order valence-corrected chi connectivity index (χ2v) is 9.66. The second kappa shape index (κ2) is 10.5. The molecule has 2 aromatic rings. The van der Waals surface area contributed by atoms with Gasteiger partial charge >= 0.3 is 0 Å². The highest BCUT2D eigenvalue weighted by Crippen LogP contribution is 2.32. The standard InChI is InChI=1S/C22H27N3O7S/c1-15(2)32-17-7-5-16(6-8-17)22(27)24-23-21(26)14-25(3)33(28,29)18-9-10-19-20(13-18)31-12-4-11-30-19/h5-10,13,15H,4,11-12,14H2,1-3H3,(H,23,26)(H,24,27). The molecule has 0 saturated heterocycles. The Bertz CT molecular complexity index is 1100. The van der Waals surface area contributed by atoms with Gasteiger partial charge in [-0.15, -0.1) is 0 Å². The van der Waals surface area contributed by atoms with Crippen molar-refractivity contribution in [3.8, 4) is 17.2 Å². The average molecular weight is 478 g/mol. The summed E-state index contributed by atoms with van der Waals surface area (Å²) in [6.45, 7) is 4.19. The molecule has 1 aliphatic rings. The third kappa shape index (κ3) is 6.36. The Balaban J connectivity index is 1.56. The third-order valence-electron chi connectivity index (χ3n) is 4.60. The minimum Gasteiger partial charge on any atom is -0.491 e. The van der Waals surface area contributed by atoms with Gasteiger partial charge in [-0.1, -0.05) is 0 Å². The van der Waals surface area contributed by atoms with E-state index in [0.717, 1.165) is 4.31 Å². The van der Waals surface area contributed by atoms with Gasteiger partial charge in [0.1, 0.15) is 5.75 Å². The van der Waals surface area contributed by atoms with Gasteiger partial charge in [0.15, 0.2) is 11.5 Å². The molecule has 11 heteroatoms. The van der Waals surface area contributed by atoms with Crippen LogP contribution in [0.3, 0.4) is 0 Å². The number of amides is 2. The Hall–Kier alpha value is -3.31. The van der Waals surface area contributed by atoms with Crippen LogP contribution in [-0.4, -0.2) is 57.4 Å². The molecule has 178 valence electrons. The fourth-order valence-corrected chi connectivity index (χ4v) is 4.11. The molecule has 1 heterocycles. The summed E-state index contributed by atoms with van der Waals surface area (Å²) in [5, 5.41) is 0. The molecule has 2 amide bonds. The van der Waals surface area contributed by atoms with E-state index in [2.05, 4.69) is 10.9 Å². The Morgan fingerprint density at radius 2 is 1.70 bits per heavy atom. The highest BCUT2D eigenvalue weighted by atomic mass is 32.2. The van der Waals surface area contributed by atoms with Crippen LogP contribution in [0.15, 0.2) is 47.4 Å². The van der Waals surface area contributed by atoms with Crippen LogP contribution in [0.5, 0.6) is 17.2 Å². The SMILES string of the molecule is CC(C)Oc1ccc(C(=O)NNC(=O)CN(C)S(=O)(=O)c2ccc3c(c2)OCCCO3)cc1. The van der Waals surface area contributed by atoms with Gasteiger partial charge in [-0.05, 0) is 50.2 Å². The van der Waals surface area contributed by atoms with Gasteiger partial charge in [-0.2, -0.15) is 4.31 Å². The van der Waals surface area contributed by atoms with Gasteiger partial charge in [0.05, 0.1) is 30.8 Å². The Kier molecular flexibility index (Phi) is 7.77. The van der Waals surface area contributed by atoms with Crippen LogP contribution in [0, 0.1) is 0 Å². The van der Waals surface area contributed by atoms with E-state index in [0.29, 0.717) is 42.4 Å². The van der Waals surface area contributed by atoms with Gasteiger partial charge < -0.3 is 14.2 Å². The number of hydrazine groups is 1. The molecule has 33 heavy (non-hydrogen) atoms. The molecule has 10 nitrogen and oxygen atoms in total. The summed E-state index contributed by atoms with van der Waals surface area (Å²) in [6, 6.07) is 10.7. The maximum Gasteiger partial charge on any atom is 0.269 e. The quantitative estimate of drug-likeness (QED) is 0.582. The topological polar surface area (TPSA) is 123 Å². The second-order valence-electron chi connectivity index (χ2n) is 7.61. The molecule has 0 spiro atoms. The summed E-state index contributed by atoms with van der Waals surface area (Å²) in [5.41, 5.74) is 4.79. The van der Waals surface area contributed by atoms with Gasteiger partial charge in [-0.25, -0.2) is 8.42 Å². The molecule has 0 atom stereocenters. The number of fused-ring (bicyclic) bond motifs is 1. The van der Waals surface area contributed by atoms with Crippen LogP contribution in [-0.2, 0) is 14.8 Å². The number of likely N-dealkylation sites (N-methyl/N-ethyl adjacent to an activating group) is 1. The number of carbonyl (C=O) groups excluding carboxylic acids is 2. The van der Waals surface area contributed by atoms with E-state index in [-0.39, 0.29) is 11.0 Å². The Morgan fingerprint density at radius 3 is 2.36 bits per heavy atom. The molecule has 1 aliphatic heterocycles. The summed E-state index contributed by atoms with van der Waals surface area (Å²) in [5.74, 6) is 0.172. The maximum absolute atomic E-state index is 12.9. The van der Waals surface area contributed by atoms with Crippen LogP contribution in [0.1, 0.15) is 30.6 Å². The van der Waals surface area contributed by atoms with Gasteiger partial charge in [-0.3, -0.25) is 20.4 Å². The Morgan fingerprint density at radius 1 is 1.03 bits per heavy atom. The van der Waals surface area contributed by atoms with Crippen molar-refractivity contribution in [2.24, 2.45) is 0 Å². The number of nitrogens with zero attached hydrogens (tertiary/aromatic N) is 1. The number of carbonyl (C=O) groups is 2. The van der Waals surface area contributed by atoms with Crippen molar-refractivity contribution in [2.45, 2.75) is 31.3 Å². The summed E-state index contributed by atoms with van der Waals surface area (Å²) in [4.78, 5) is 24.4. The molecule has 2 aromatic carbocycles. The lowest BCUT2D eigenvalue weighted by Crippen LogP contribution is -2.46. The summed E-state index contributed by atoms with van der Waals surface area (Å²) < 4.78 is 43.2. The molecule has 0 bridgehead atoms. The first-order valence-corrected chi connectivity index (χ1v) is 11.8. The third-order valence-corrected chi connectivity index (χ3v) is 6.40. The minimum absolute atomic E-state index is 0.00361. The summed E-state index contributed by atoms with van der Waals surface area (Å²) in [7, 11) is -2.70. The van der Waals surface area contributed by atoms with Crippen molar-refractivity contribution < 1.29 is 32.2 Å². The van der Waals surface area contributed by atoms with Crippen molar-refractivity contribution >= 4 is 21.8 Å². The van der Waals surface area contributed by atoms with E-state index in [1.54, 1.807) is 24.3 Å². The molecular weight excluding hydrogens is 450 g/mol. The Labute approximate surface area is 192 Å². The van der Waals surface area contributed by atoms with Gasteiger partial charge in [0.2, 0.25) is 10.0 Å². The van der Waals surface area contributed by atoms with Gasteiger partial charge in [0.25, 0.3) is 11.8 Å². The van der Waals surface area contributed by atoms with Crippen LogP contribution < -0.4 is 25.1 Å². The van der Waals surface area contributed by atoms with Gasteiger partial charge in [0, 0.05) is 25.1 Å². The molecule has 0 unspecified atom stereocenters. The summed E-state index contributed by atoms with van der Waals surface area (Å²) >= 11 is 0. The number of benzene rings is 2. The zero-order valence-corrected chi connectivity index (χ0v) is 19.5. The van der Waals surface area contributed by atoms with Crippen LogP contribution >= 0.6 is 0 Å². The van der Waals surface area contributed by atoms with Crippen LogP contribution in [0.2, 0.25) is 0 Å². The smallest absolute Gasteiger partial charge is 0.269 e. The fourth-order valence-electron chi connectivity index (χ4n) is 2.97. The van der Waals surface area contributed by atoms with Crippen molar-refractivity contribution in [1.29, 1.82) is 0 Å². The molecule has 0 saturated carbocycles. The monoisotopic (exact) mass is 477 g/mol. The van der Waals surface area contributed by atoms with Crippen molar-refractivity contribution in [3.05, 3.63) is 48.0 Å². The molecule has 3 rings (SSSR count). The molecular formula is C22H27N3O7S. The first-order chi connectivity index (χ1) is 15.7. The number of sulfonamides is 1. The molecule has 2 N–H and O–H groups in total. The lowest BCUT2D eigenvalue weighted by atomic mass is 10.2. The molecule has 0 radical (unpaired) electrons. The molecule has 0 fully saturated rings. The highest BCUT2D eigenvalue weighted by Gasteiger charge is 2.25. The summed E-state index contributed by atoms with van der Waals surface area (Å²) in [6.07, 6.45) is 0.696. The average Bonchev–Trinajstić information content (AvgIpc) is 3.02. The molecule has 0 aliphatic carbocycles. The zero-order valence-electron chi connectivity index (χ0n) is 18.7. The maximum atomic E-state index is 12.9. The van der Waals surface area contributed by atoms with E-state index in [4.69, 9.17) is 14.2 Å². The van der Waals surface area contributed by atoms with E-state index in [9.17, 15) is 18.0 Å². The normalized spacial score (nSPS) is 13.4. The lowest BCUT2D eigenvalue weighted by Gasteiger charge is -2.18. The molecule has 0 aromatic heterocycles. The van der Waals surface area contributed by atoms with Crippen molar-refractivity contribution in [3.63, 3.8) is 0 Å². The lowest BCUT2D eigenvalue weighted by molar-refractivity contribution is -0.121. The number of rotatable bonds is 7. The number of nitrogens with one attached hydrogen (secondary N) is 2. The largest absolute Gasteiger partial charge is 0.491 e. The predicted octanol–water partition coefficient (Wildman–Crippen LogP) is 1.72. The van der Waals surface area contributed by atoms with Crippen molar-refractivity contribution in [2.75, 3.05) is 26.8 Å². The fraction of sp³-hybridized carbons (Fsp3) is 0.364.